The van der Waals surface area contributed by atoms with Gasteiger partial charge in [-0.1, -0.05) is 54.9 Å². The van der Waals surface area contributed by atoms with E-state index in [-0.39, 0.29) is 0 Å². The molecule has 0 saturated heterocycles. The lowest BCUT2D eigenvalue weighted by atomic mass is 9.77. The highest BCUT2D eigenvalue weighted by atomic mass is 32.1. The molecule has 0 N–H and O–H groups in total. The minimum atomic E-state index is -4.42. The fourth-order valence-electron chi connectivity index (χ4n) is 4.12. The molecule has 0 aliphatic heterocycles. The lowest BCUT2D eigenvalue weighted by Gasteiger charge is -2.34. The highest BCUT2D eigenvalue weighted by Crippen LogP contribution is 2.41. The van der Waals surface area contributed by atoms with Gasteiger partial charge < -0.3 is 0 Å². The molecule has 176 valence electrons. The molecule has 0 amide bonds. The van der Waals surface area contributed by atoms with Crippen molar-refractivity contribution in [3.8, 4) is 10.6 Å². The van der Waals surface area contributed by atoms with Crippen molar-refractivity contribution in [2.75, 3.05) is 0 Å². The van der Waals surface area contributed by atoms with Crippen LogP contribution in [0.3, 0.4) is 0 Å². The van der Waals surface area contributed by atoms with Gasteiger partial charge in [-0.25, -0.2) is 9.67 Å². The van der Waals surface area contributed by atoms with E-state index in [1.165, 1.54) is 35.6 Å². The lowest BCUT2D eigenvalue weighted by molar-refractivity contribution is -0.138. The summed E-state index contributed by atoms with van der Waals surface area (Å²) >= 11 is 1.24. The Morgan fingerprint density at radius 3 is 1.85 bits per heavy atom. The molecule has 2 aromatic carbocycles. The van der Waals surface area contributed by atoms with Crippen LogP contribution in [0.2, 0.25) is 0 Å². The SMILES string of the molecule is Cn1nc(-c2ccc(C(F)(F)F)cc2)sc1=NC1(c2ccc(C(F)(F)F)cc2)CCCCC1. The summed E-state index contributed by atoms with van der Waals surface area (Å²) in [5, 5.41) is 4.94. The van der Waals surface area contributed by atoms with E-state index in [4.69, 9.17) is 4.99 Å². The summed E-state index contributed by atoms with van der Waals surface area (Å²) in [7, 11) is 1.70. The Labute approximate surface area is 190 Å². The van der Waals surface area contributed by atoms with E-state index in [1.807, 2.05) is 0 Å². The van der Waals surface area contributed by atoms with Crippen molar-refractivity contribution >= 4 is 11.3 Å². The third-order valence-corrected chi connectivity index (χ3v) is 6.95. The maximum Gasteiger partial charge on any atom is 0.416 e. The van der Waals surface area contributed by atoms with E-state index in [2.05, 4.69) is 5.10 Å². The van der Waals surface area contributed by atoms with Gasteiger partial charge in [0, 0.05) is 12.6 Å². The van der Waals surface area contributed by atoms with Crippen molar-refractivity contribution in [1.29, 1.82) is 0 Å². The Morgan fingerprint density at radius 2 is 1.33 bits per heavy atom. The summed E-state index contributed by atoms with van der Waals surface area (Å²) < 4.78 is 79.2. The Kier molecular flexibility index (Phi) is 6.15. The van der Waals surface area contributed by atoms with Crippen molar-refractivity contribution in [2.24, 2.45) is 12.0 Å². The zero-order valence-corrected chi connectivity index (χ0v) is 18.5. The van der Waals surface area contributed by atoms with Crippen molar-refractivity contribution in [1.82, 2.24) is 9.78 Å². The minimum Gasteiger partial charge on any atom is -0.246 e. The number of aryl methyl sites for hydroxylation is 1. The lowest BCUT2D eigenvalue weighted by Crippen LogP contribution is -2.31. The smallest absolute Gasteiger partial charge is 0.246 e. The van der Waals surface area contributed by atoms with Crippen molar-refractivity contribution in [2.45, 2.75) is 50.0 Å². The molecular weight excluding hydrogens is 464 g/mol. The van der Waals surface area contributed by atoms with Gasteiger partial charge in [0.25, 0.3) is 0 Å². The molecule has 0 radical (unpaired) electrons. The van der Waals surface area contributed by atoms with Crippen LogP contribution in [0, 0.1) is 0 Å². The van der Waals surface area contributed by atoms with Crippen molar-refractivity contribution in [3.63, 3.8) is 0 Å². The third-order valence-electron chi connectivity index (χ3n) is 5.90. The van der Waals surface area contributed by atoms with E-state index in [0.29, 0.717) is 28.2 Å². The summed E-state index contributed by atoms with van der Waals surface area (Å²) in [5.41, 5.74) is -0.841. The summed E-state index contributed by atoms with van der Waals surface area (Å²) in [5.74, 6) is 0. The van der Waals surface area contributed by atoms with E-state index in [0.717, 1.165) is 49.1 Å². The van der Waals surface area contributed by atoms with E-state index >= 15 is 0 Å². The van der Waals surface area contributed by atoms with E-state index < -0.39 is 29.0 Å². The molecule has 3 aromatic rings. The first-order valence-electron chi connectivity index (χ1n) is 10.4. The molecule has 3 nitrogen and oxygen atoms in total. The molecule has 0 atom stereocenters. The number of hydrogen-bond acceptors (Lipinski definition) is 3. The van der Waals surface area contributed by atoms with Crippen LogP contribution in [-0.2, 0) is 24.9 Å². The first kappa shape index (κ1) is 23.5. The topological polar surface area (TPSA) is 30.2 Å². The Balaban J connectivity index is 1.73. The van der Waals surface area contributed by atoms with Crippen LogP contribution < -0.4 is 4.80 Å². The second-order valence-electron chi connectivity index (χ2n) is 8.17. The Bertz CT molecular complexity index is 1170. The van der Waals surface area contributed by atoms with Gasteiger partial charge in [0.2, 0.25) is 4.80 Å². The molecule has 0 unspecified atom stereocenters. The molecule has 10 heteroatoms. The normalized spacial score (nSPS) is 17.4. The van der Waals surface area contributed by atoms with Crippen LogP contribution in [0.5, 0.6) is 0 Å². The Hall–Kier alpha value is -2.62. The zero-order chi connectivity index (χ0) is 23.9. The number of rotatable bonds is 3. The predicted molar refractivity (Wildman–Crippen MR) is 113 cm³/mol. The highest BCUT2D eigenvalue weighted by molar-refractivity contribution is 7.12. The van der Waals surface area contributed by atoms with Gasteiger partial charge in [0.1, 0.15) is 5.01 Å². The number of hydrogen-bond donors (Lipinski definition) is 0. The monoisotopic (exact) mass is 485 g/mol. The van der Waals surface area contributed by atoms with Crippen LogP contribution in [-0.4, -0.2) is 9.78 Å². The molecule has 1 aliphatic carbocycles. The summed E-state index contributed by atoms with van der Waals surface area (Å²) in [6.45, 7) is 0. The van der Waals surface area contributed by atoms with E-state index in [9.17, 15) is 26.3 Å². The molecule has 1 heterocycles. The minimum absolute atomic E-state index is 0.517. The number of halogens is 6. The second kappa shape index (κ2) is 8.62. The third kappa shape index (κ3) is 5.00. The number of alkyl halides is 6. The molecule has 1 aromatic heterocycles. The molecule has 4 rings (SSSR count). The molecule has 0 bridgehead atoms. The van der Waals surface area contributed by atoms with Crippen molar-refractivity contribution in [3.05, 3.63) is 70.0 Å². The van der Waals surface area contributed by atoms with Crippen LogP contribution in [0.4, 0.5) is 26.3 Å². The standard InChI is InChI=1S/C23H21F6N3S/c1-32-20(33-19(31-32)15-5-7-17(8-6-15)22(24,25)26)30-21(13-3-2-4-14-21)16-9-11-18(12-10-16)23(27,28)29/h5-12H,2-4,13-14H2,1H3. The molecule has 33 heavy (non-hydrogen) atoms. The molecular formula is C23H21F6N3S. The summed E-state index contributed by atoms with van der Waals surface area (Å²) in [6.07, 6.45) is -4.59. The fourth-order valence-corrected chi connectivity index (χ4v) is 5.10. The van der Waals surface area contributed by atoms with Gasteiger partial charge in [-0.15, -0.1) is 0 Å². The van der Waals surface area contributed by atoms with Gasteiger partial charge in [0.05, 0.1) is 16.7 Å². The van der Waals surface area contributed by atoms with Crippen LogP contribution in [0.25, 0.3) is 10.6 Å². The maximum absolute atomic E-state index is 13.0. The average Bonchev–Trinajstić information content (AvgIpc) is 3.13. The predicted octanol–water partition coefficient (Wildman–Crippen LogP) is 6.95. The first-order chi connectivity index (χ1) is 15.5. The highest BCUT2D eigenvalue weighted by Gasteiger charge is 2.36. The van der Waals surface area contributed by atoms with Crippen LogP contribution in [0.1, 0.15) is 48.8 Å². The Morgan fingerprint density at radius 1 is 0.818 bits per heavy atom. The van der Waals surface area contributed by atoms with Gasteiger partial charge in [-0.3, -0.25) is 0 Å². The zero-order valence-electron chi connectivity index (χ0n) is 17.7. The van der Waals surface area contributed by atoms with Gasteiger partial charge in [-0.05, 0) is 42.7 Å². The van der Waals surface area contributed by atoms with Gasteiger partial charge in [-0.2, -0.15) is 31.4 Å². The van der Waals surface area contributed by atoms with Crippen molar-refractivity contribution < 1.29 is 26.3 Å². The number of nitrogens with zero attached hydrogens (tertiary/aromatic N) is 3. The van der Waals surface area contributed by atoms with Gasteiger partial charge >= 0.3 is 12.4 Å². The van der Waals surface area contributed by atoms with E-state index in [1.54, 1.807) is 11.7 Å². The largest absolute Gasteiger partial charge is 0.416 e. The van der Waals surface area contributed by atoms with Gasteiger partial charge in [0.15, 0.2) is 0 Å². The average molecular weight is 485 g/mol. The molecule has 1 aliphatic rings. The summed E-state index contributed by atoms with van der Waals surface area (Å²) in [6, 6.07) is 9.93. The van der Waals surface area contributed by atoms with Crippen LogP contribution in [0.15, 0.2) is 53.5 Å². The van der Waals surface area contributed by atoms with Crippen LogP contribution >= 0.6 is 11.3 Å². The molecule has 1 saturated carbocycles. The number of benzene rings is 2. The maximum atomic E-state index is 13.0. The molecule has 1 fully saturated rings. The second-order valence-corrected chi connectivity index (χ2v) is 9.12. The summed E-state index contributed by atoms with van der Waals surface area (Å²) in [4.78, 5) is 5.53. The number of aromatic nitrogens is 2. The first-order valence-corrected chi connectivity index (χ1v) is 11.3. The quantitative estimate of drug-likeness (QED) is 0.370. The fraction of sp³-hybridized carbons (Fsp3) is 0.391. The molecule has 0 spiro atoms.